The summed E-state index contributed by atoms with van der Waals surface area (Å²) in [7, 11) is 1.62. The van der Waals surface area contributed by atoms with Crippen LogP contribution < -0.4 is 15.9 Å². The summed E-state index contributed by atoms with van der Waals surface area (Å²) in [4.78, 5) is 17.4. The van der Waals surface area contributed by atoms with Gasteiger partial charge >= 0.3 is 0 Å². The van der Waals surface area contributed by atoms with E-state index in [2.05, 4.69) is 11.1 Å². The number of aryl methyl sites for hydroxylation is 2. The highest BCUT2D eigenvalue weighted by Gasteiger charge is 2.20. The highest BCUT2D eigenvalue weighted by molar-refractivity contribution is 5.76. The molecule has 0 aliphatic rings. The van der Waals surface area contributed by atoms with E-state index in [1.165, 1.54) is 10.5 Å². The minimum absolute atomic E-state index is 0.212. The van der Waals surface area contributed by atoms with E-state index in [9.17, 15) is 10.1 Å². The second-order valence-corrected chi connectivity index (χ2v) is 5.64. The summed E-state index contributed by atoms with van der Waals surface area (Å²) in [5.41, 5.74) is 8.15. The Kier molecular flexibility index (Phi) is 4.15. The van der Waals surface area contributed by atoms with E-state index in [4.69, 9.17) is 10.5 Å². The molecule has 0 unspecified atom stereocenters. The third-order valence-corrected chi connectivity index (χ3v) is 3.95. The van der Waals surface area contributed by atoms with Gasteiger partial charge in [0, 0.05) is 26.3 Å². The van der Waals surface area contributed by atoms with Crippen molar-refractivity contribution >= 4 is 22.5 Å². The molecule has 122 valence electrons. The van der Waals surface area contributed by atoms with Gasteiger partial charge < -0.3 is 10.5 Å². The fraction of sp³-hybridized carbons (Fsp3) is 0.294. The Labute approximate surface area is 138 Å². The molecule has 0 radical (unpaired) electrons. The first-order valence-electron chi connectivity index (χ1n) is 7.61. The summed E-state index contributed by atoms with van der Waals surface area (Å²) in [5, 5.41) is 9.70. The average molecular weight is 324 g/mol. The van der Waals surface area contributed by atoms with Gasteiger partial charge in [-0.25, -0.2) is 4.57 Å². The fourth-order valence-electron chi connectivity index (χ4n) is 2.74. The molecule has 0 atom stereocenters. The predicted molar refractivity (Wildman–Crippen MR) is 89.5 cm³/mol. The van der Waals surface area contributed by atoms with E-state index >= 15 is 0 Å². The molecule has 0 bridgehead atoms. The Hall–Kier alpha value is -2.98. The van der Waals surface area contributed by atoms with Crippen molar-refractivity contribution in [3.05, 3.63) is 45.9 Å². The van der Waals surface area contributed by atoms with Gasteiger partial charge in [-0.3, -0.25) is 9.20 Å². The number of rotatable bonds is 4. The summed E-state index contributed by atoms with van der Waals surface area (Å²) in [6.45, 7) is 2.97. The Balaban J connectivity index is 2.37. The quantitative estimate of drug-likeness (QED) is 0.437. The van der Waals surface area contributed by atoms with Crippen LogP contribution in [0, 0.1) is 18.3 Å². The van der Waals surface area contributed by atoms with Gasteiger partial charge in [0.15, 0.2) is 0 Å². The Morgan fingerprint density at radius 1 is 1.46 bits per heavy atom. The lowest BCUT2D eigenvalue weighted by Gasteiger charge is -2.09. The van der Waals surface area contributed by atoms with Crippen LogP contribution in [0.5, 0.6) is 0 Å². The van der Waals surface area contributed by atoms with Gasteiger partial charge in [-0.15, -0.1) is 0 Å². The lowest BCUT2D eigenvalue weighted by atomic mass is 10.2. The number of nitriles is 1. The molecule has 24 heavy (non-hydrogen) atoms. The number of hydrogen-bond acceptors (Lipinski definition) is 5. The normalized spacial score (nSPS) is 11.0. The first kappa shape index (κ1) is 15.9. The zero-order valence-corrected chi connectivity index (χ0v) is 13.6. The number of anilines is 1. The zero-order valence-electron chi connectivity index (χ0n) is 13.6. The lowest BCUT2D eigenvalue weighted by molar-refractivity contribution is -0.659. The van der Waals surface area contributed by atoms with Gasteiger partial charge in [-0.1, -0.05) is 11.1 Å². The van der Waals surface area contributed by atoms with E-state index in [1.807, 2.05) is 13.0 Å². The zero-order chi connectivity index (χ0) is 17.3. The first-order chi connectivity index (χ1) is 11.6. The highest BCUT2D eigenvalue weighted by atomic mass is 16.5. The minimum Gasteiger partial charge on any atom is -0.385 e. The summed E-state index contributed by atoms with van der Waals surface area (Å²) in [6, 6.07) is 7.26. The van der Waals surface area contributed by atoms with Gasteiger partial charge in [0.2, 0.25) is 11.5 Å². The predicted octanol–water partition coefficient (Wildman–Crippen LogP) is 0.934. The Morgan fingerprint density at radius 3 is 2.96 bits per heavy atom. The molecule has 0 saturated carbocycles. The van der Waals surface area contributed by atoms with Crippen LogP contribution in [-0.4, -0.2) is 23.1 Å². The van der Waals surface area contributed by atoms with Crippen LogP contribution in [0.4, 0.5) is 5.82 Å². The number of hydrogen-bond donors (Lipinski definition) is 1. The fourth-order valence-corrected chi connectivity index (χ4v) is 2.74. The lowest BCUT2D eigenvalue weighted by Crippen LogP contribution is -2.41. The molecule has 0 saturated heterocycles. The number of nitrogens with zero attached hydrogens (tertiary/aromatic N) is 4. The number of ether oxygens (including phenoxy) is 1. The summed E-state index contributed by atoms with van der Waals surface area (Å²) >= 11 is 0. The standard InChI is InChI=1S/C17H17N5O2/c1-11-4-5-14-20-16-13(17(23)22(14)10-11)8-12(9-18)15(19)21(16)6-3-7-24-2/h4-5,8,10,19H,3,6-7H2,1-2H3/p+1. The third kappa shape index (κ3) is 2.57. The molecule has 0 amide bonds. The van der Waals surface area contributed by atoms with Crippen molar-refractivity contribution in [2.24, 2.45) is 0 Å². The van der Waals surface area contributed by atoms with Crippen molar-refractivity contribution in [3.8, 4) is 6.07 Å². The van der Waals surface area contributed by atoms with E-state index in [-0.39, 0.29) is 11.1 Å². The number of fused-ring (bicyclic) bond motifs is 2. The van der Waals surface area contributed by atoms with Crippen LogP contribution in [-0.2, 0) is 11.3 Å². The molecule has 0 spiro atoms. The van der Waals surface area contributed by atoms with E-state index in [0.717, 1.165) is 5.56 Å². The Morgan fingerprint density at radius 2 is 2.25 bits per heavy atom. The largest absolute Gasteiger partial charge is 0.385 e. The van der Waals surface area contributed by atoms with Crippen molar-refractivity contribution in [3.63, 3.8) is 0 Å². The van der Waals surface area contributed by atoms with Crippen LogP contribution in [0.25, 0.3) is 16.7 Å². The van der Waals surface area contributed by atoms with Gasteiger partial charge in [0.05, 0.1) is 6.54 Å². The molecule has 3 heterocycles. The molecule has 0 fully saturated rings. The minimum atomic E-state index is -0.212. The third-order valence-electron chi connectivity index (χ3n) is 3.95. The molecule has 3 aromatic heterocycles. The Bertz CT molecular complexity index is 1030. The molecular formula is C17H18N5O2+. The summed E-state index contributed by atoms with van der Waals surface area (Å²) in [6.07, 6.45) is 2.44. The molecule has 3 rings (SSSR count). The van der Waals surface area contributed by atoms with Crippen molar-refractivity contribution < 1.29 is 9.30 Å². The second-order valence-electron chi connectivity index (χ2n) is 5.64. The molecule has 0 aliphatic heterocycles. The number of nitrogens with two attached hydrogens (primary N) is 1. The van der Waals surface area contributed by atoms with Crippen LogP contribution in [0.2, 0.25) is 0 Å². The van der Waals surface area contributed by atoms with Crippen LogP contribution >= 0.6 is 0 Å². The number of methoxy groups -OCH3 is 1. The highest BCUT2D eigenvalue weighted by Crippen LogP contribution is 2.14. The van der Waals surface area contributed by atoms with E-state index in [0.29, 0.717) is 42.1 Å². The molecule has 7 nitrogen and oxygen atoms in total. The number of pyridine rings is 2. The van der Waals surface area contributed by atoms with Crippen LogP contribution in [0.15, 0.2) is 29.2 Å². The van der Waals surface area contributed by atoms with Crippen molar-refractivity contribution in [1.82, 2.24) is 9.38 Å². The molecular weight excluding hydrogens is 306 g/mol. The van der Waals surface area contributed by atoms with Crippen molar-refractivity contribution in [2.75, 3.05) is 19.5 Å². The number of nitrogen functional groups attached to an aromatic ring is 1. The maximum Gasteiger partial charge on any atom is 0.278 e. The van der Waals surface area contributed by atoms with Gasteiger partial charge in [0.1, 0.15) is 17.0 Å². The SMILES string of the molecule is COCCC[n+]1c(N)c(C#N)cc2c(=O)n3cc(C)ccc3nc21. The smallest absolute Gasteiger partial charge is 0.278 e. The van der Waals surface area contributed by atoms with E-state index in [1.54, 1.807) is 23.9 Å². The summed E-state index contributed by atoms with van der Waals surface area (Å²) in [5.74, 6) is 0.310. The number of aromatic nitrogens is 3. The van der Waals surface area contributed by atoms with Gasteiger partial charge in [-0.2, -0.15) is 5.26 Å². The van der Waals surface area contributed by atoms with E-state index < -0.39 is 0 Å². The van der Waals surface area contributed by atoms with Gasteiger partial charge in [0.25, 0.3) is 11.2 Å². The first-order valence-corrected chi connectivity index (χ1v) is 7.61. The molecule has 2 N–H and O–H groups in total. The van der Waals surface area contributed by atoms with Crippen molar-refractivity contribution in [2.45, 2.75) is 19.9 Å². The average Bonchev–Trinajstić information content (AvgIpc) is 2.58. The maximum absolute atomic E-state index is 12.8. The molecule has 0 aromatic carbocycles. The van der Waals surface area contributed by atoms with Crippen LogP contribution in [0.3, 0.4) is 0 Å². The molecule has 3 aromatic rings. The monoisotopic (exact) mass is 324 g/mol. The topological polar surface area (TPSA) is 97.3 Å². The second kappa shape index (κ2) is 6.26. The maximum atomic E-state index is 12.8. The van der Waals surface area contributed by atoms with Crippen LogP contribution in [0.1, 0.15) is 17.5 Å². The molecule has 7 heteroatoms. The summed E-state index contributed by atoms with van der Waals surface area (Å²) < 4.78 is 8.28. The van der Waals surface area contributed by atoms with Gasteiger partial charge in [-0.05, 0) is 24.6 Å². The molecule has 0 aliphatic carbocycles. The van der Waals surface area contributed by atoms with Crippen molar-refractivity contribution in [1.29, 1.82) is 5.26 Å².